The lowest BCUT2D eigenvalue weighted by Gasteiger charge is -2.14. The maximum Gasteiger partial charge on any atom is 0.417 e. The van der Waals surface area contributed by atoms with E-state index in [0.29, 0.717) is 17.1 Å². The van der Waals surface area contributed by atoms with Gasteiger partial charge in [0.05, 0.1) is 51.2 Å². The van der Waals surface area contributed by atoms with E-state index in [0.717, 1.165) is 18.5 Å². The molecule has 2 aromatic carbocycles. The number of alkyl halides is 3. The quantitative estimate of drug-likeness (QED) is 0.424. The Morgan fingerprint density at radius 2 is 1.64 bits per heavy atom. The van der Waals surface area contributed by atoms with Crippen molar-refractivity contribution in [1.82, 2.24) is 15.4 Å². The maximum absolute atomic E-state index is 13.5. The van der Waals surface area contributed by atoms with Gasteiger partial charge in [-0.25, -0.2) is 10.4 Å². The highest BCUT2D eigenvalue weighted by molar-refractivity contribution is 5.93. The number of rotatable bonds is 7. The molecule has 0 aliphatic rings. The molecule has 0 saturated carbocycles. The number of hydrazone groups is 1. The van der Waals surface area contributed by atoms with Crippen LogP contribution in [0.25, 0.3) is 11.3 Å². The van der Waals surface area contributed by atoms with Crippen LogP contribution in [0.1, 0.15) is 21.6 Å². The standard InChI is InChI=1S/C22H19F3N4O4/c1-31-14-4-5-17(18(9-14)22(23,24)25)19-11-26-12-20(28-19)21(30)29-27-10-13-6-15(32-2)8-16(7-13)33-3/h4-12H,1-3H3,(H,29,30)/b27-10+. The first kappa shape index (κ1) is 23.5. The van der Waals surface area contributed by atoms with Crippen LogP contribution in [-0.2, 0) is 6.18 Å². The normalized spacial score (nSPS) is 11.3. The first-order valence-corrected chi connectivity index (χ1v) is 9.39. The summed E-state index contributed by atoms with van der Waals surface area (Å²) in [6.45, 7) is 0. The number of nitrogens with one attached hydrogen (secondary N) is 1. The summed E-state index contributed by atoms with van der Waals surface area (Å²) >= 11 is 0. The monoisotopic (exact) mass is 460 g/mol. The smallest absolute Gasteiger partial charge is 0.417 e. The average molecular weight is 460 g/mol. The molecule has 33 heavy (non-hydrogen) atoms. The Kier molecular flexibility index (Phi) is 7.11. The number of hydrogen-bond acceptors (Lipinski definition) is 7. The fourth-order valence-corrected chi connectivity index (χ4v) is 2.84. The molecular formula is C22H19F3N4O4. The van der Waals surface area contributed by atoms with Gasteiger partial charge in [-0.2, -0.15) is 18.3 Å². The van der Waals surface area contributed by atoms with Crippen molar-refractivity contribution in [1.29, 1.82) is 0 Å². The molecule has 0 fully saturated rings. The molecule has 0 saturated heterocycles. The summed E-state index contributed by atoms with van der Waals surface area (Å²) < 4.78 is 55.8. The van der Waals surface area contributed by atoms with Crippen LogP contribution in [0, 0.1) is 0 Å². The maximum atomic E-state index is 13.5. The van der Waals surface area contributed by atoms with Crippen molar-refractivity contribution >= 4 is 12.1 Å². The fourth-order valence-electron chi connectivity index (χ4n) is 2.84. The Morgan fingerprint density at radius 1 is 0.970 bits per heavy atom. The number of carbonyl (C=O) groups is 1. The van der Waals surface area contributed by atoms with Crippen LogP contribution in [0.5, 0.6) is 17.2 Å². The predicted octanol–water partition coefficient (Wildman–Crippen LogP) is 3.95. The number of amides is 1. The largest absolute Gasteiger partial charge is 0.497 e. The Morgan fingerprint density at radius 3 is 2.24 bits per heavy atom. The van der Waals surface area contributed by atoms with Crippen molar-refractivity contribution in [3.8, 4) is 28.5 Å². The van der Waals surface area contributed by atoms with Gasteiger partial charge in [-0.05, 0) is 30.3 Å². The zero-order valence-corrected chi connectivity index (χ0v) is 17.8. The van der Waals surface area contributed by atoms with E-state index in [2.05, 4.69) is 20.5 Å². The molecular weight excluding hydrogens is 441 g/mol. The molecule has 3 aromatic rings. The first-order valence-electron chi connectivity index (χ1n) is 9.39. The third-order valence-corrected chi connectivity index (χ3v) is 4.43. The van der Waals surface area contributed by atoms with Gasteiger partial charge in [0, 0.05) is 17.2 Å². The first-order chi connectivity index (χ1) is 15.7. The highest BCUT2D eigenvalue weighted by Crippen LogP contribution is 2.38. The second kappa shape index (κ2) is 9.98. The Balaban J connectivity index is 1.83. The minimum Gasteiger partial charge on any atom is -0.497 e. The molecule has 0 radical (unpaired) electrons. The molecule has 3 rings (SSSR count). The van der Waals surface area contributed by atoms with E-state index in [9.17, 15) is 18.0 Å². The molecule has 1 amide bonds. The lowest BCUT2D eigenvalue weighted by atomic mass is 10.0. The average Bonchev–Trinajstić information content (AvgIpc) is 2.82. The van der Waals surface area contributed by atoms with Gasteiger partial charge in [0.2, 0.25) is 0 Å². The van der Waals surface area contributed by atoms with Gasteiger partial charge in [-0.3, -0.25) is 9.78 Å². The molecule has 0 aliphatic heterocycles. The third-order valence-electron chi connectivity index (χ3n) is 4.43. The number of halogens is 3. The van der Waals surface area contributed by atoms with Gasteiger partial charge in [0.25, 0.3) is 5.91 Å². The molecule has 1 aromatic heterocycles. The molecule has 1 heterocycles. The molecule has 8 nitrogen and oxygen atoms in total. The number of nitrogens with zero attached hydrogens (tertiary/aromatic N) is 3. The van der Waals surface area contributed by atoms with E-state index in [4.69, 9.17) is 14.2 Å². The summed E-state index contributed by atoms with van der Waals surface area (Å²) in [5.74, 6) is 0.343. The van der Waals surface area contributed by atoms with Gasteiger partial charge >= 0.3 is 6.18 Å². The van der Waals surface area contributed by atoms with Crippen molar-refractivity contribution < 1.29 is 32.2 Å². The molecule has 0 bridgehead atoms. The molecule has 0 atom stereocenters. The van der Waals surface area contributed by atoms with Crippen molar-refractivity contribution in [2.75, 3.05) is 21.3 Å². The van der Waals surface area contributed by atoms with Crippen LogP contribution in [0.15, 0.2) is 53.9 Å². The summed E-state index contributed by atoms with van der Waals surface area (Å²) in [6.07, 6.45) is -1.04. The summed E-state index contributed by atoms with van der Waals surface area (Å²) in [5, 5.41) is 3.85. The van der Waals surface area contributed by atoms with Gasteiger partial charge in [0.15, 0.2) is 0 Å². The van der Waals surface area contributed by atoms with E-state index < -0.39 is 17.6 Å². The molecule has 0 unspecified atom stereocenters. The second-order valence-corrected chi connectivity index (χ2v) is 6.54. The lowest BCUT2D eigenvalue weighted by Crippen LogP contribution is -2.19. The van der Waals surface area contributed by atoms with Crippen LogP contribution in [0.4, 0.5) is 13.2 Å². The number of carbonyl (C=O) groups excluding carboxylic acids is 1. The zero-order valence-electron chi connectivity index (χ0n) is 17.8. The molecule has 0 aliphatic carbocycles. The minimum atomic E-state index is -4.66. The summed E-state index contributed by atoms with van der Waals surface area (Å²) in [4.78, 5) is 20.3. The summed E-state index contributed by atoms with van der Waals surface area (Å²) in [7, 11) is 4.26. The molecule has 1 N–H and O–H groups in total. The molecule has 0 spiro atoms. The lowest BCUT2D eigenvalue weighted by molar-refractivity contribution is -0.137. The number of benzene rings is 2. The van der Waals surface area contributed by atoms with Crippen LogP contribution >= 0.6 is 0 Å². The molecule has 11 heteroatoms. The number of methoxy groups -OCH3 is 3. The third kappa shape index (κ3) is 5.76. The van der Waals surface area contributed by atoms with Crippen molar-refractivity contribution in [3.63, 3.8) is 0 Å². The number of hydrogen-bond donors (Lipinski definition) is 1. The van der Waals surface area contributed by atoms with E-state index in [1.54, 1.807) is 18.2 Å². The highest BCUT2D eigenvalue weighted by Gasteiger charge is 2.34. The fraction of sp³-hybridized carbons (Fsp3) is 0.182. The predicted molar refractivity (Wildman–Crippen MR) is 114 cm³/mol. The highest BCUT2D eigenvalue weighted by atomic mass is 19.4. The van der Waals surface area contributed by atoms with Crippen molar-refractivity contribution in [3.05, 3.63) is 65.6 Å². The van der Waals surface area contributed by atoms with Gasteiger partial charge < -0.3 is 14.2 Å². The summed E-state index contributed by atoms with van der Waals surface area (Å²) in [6, 6.07) is 8.44. The van der Waals surface area contributed by atoms with Crippen molar-refractivity contribution in [2.24, 2.45) is 5.10 Å². The topological polar surface area (TPSA) is 94.9 Å². The number of ether oxygens (including phenoxy) is 3. The van der Waals surface area contributed by atoms with Crippen LogP contribution < -0.4 is 19.6 Å². The van der Waals surface area contributed by atoms with E-state index in [-0.39, 0.29) is 22.7 Å². The van der Waals surface area contributed by atoms with Gasteiger partial charge in [-0.15, -0.1) is 0 Å². The Labute approximate surface area is 187 Å². The van der Waals surface area contributed by atoms with Crippen LogP contribution in [0.2, 0.25) is 0 Å². The van der Waals surface area contributed by atoms with Gasteiger partial charge in [-0.1, -0.05) is 0 Å². The Bertz CT molecular complexity index is 1160. The molecule has 172 valence electrons. The van der Waals surface area contributed by atoms with E-state index in [1.165, 1.54) is 39.7 Å². The SMILES string of the molecule is COc1cc(/C=N/NC(=O)c2cncc(-c3ccc(OC)cc3C(F)(F)F)n2)cc(OC)c1. The Hall–Kier alpha value is -4.15. The van der Waals surface area contributed by atoms with Gasteiger partial charge in [0.1, 0.15) is 22.9 Å². The van der Waals surface area contributed by atoms with Crippen LogP contribution in [-0.4, -0.2) is 43.4 Å². The van der Waals surface area contributed by atoms with Crippen molar-refractivity contribution in [2.45, 2.75) is 6.18 Å². The minimum absolute atomic E-state index is 0.0384. The summed E-state index contributed by atoms with van der Waals surface area (Å²) in [5.41, 5.74) is 1.32. The van der Waals surface area contributed by atoms with Crippen LogP contribution in [0.3, 0.4) is 0 Å². The number of aromatic nitrogens is 2. The van der Waals surface area contributed by atoms with E-state index >= 15 is 0 Å². The van der Waals surface area contributed by atoms with E-state index in [1.807, 2.05) is 0 Å². The zero-order chi connectivity index (χ0) is 24.0. The second-order valence-electron chi connectivity index (χ2n) is 6.54.